The zero-order valence-corrected chi connectivity index (χ0v) is 17.1. The summed E-state index contributed by atoms with van der Waals surface area (Å²) in [4.78, 5) is 13.2. The number of hydrogen-bond acceptors (Lipinski definition) is 5. The molecule has 1 aliphatic rings. The molecule has 0 saturated carbocycles. The van der Waals surface area contributed by atoms with Crippen LogP contribution in [0.2, 0.25) is 0 Å². The molecule has 30 heavy (non-hydrogen) atoms. The molecule has 1 aliphatic heterocycles. The molecule has 0 unspecified atom stereocenters. The number of halogens is 3. The van der Waals surface area contributed by atoms with Crippen molar-refractivity contribution in [2.45, 2.75) is 44.9 Å². The summed E-state index contributed by atoms with van der Waals surface area (Å²) in [6.45, 7) is 4.25. The van der Waals surface area contributed by atoms with Crippen LogP contribution in [-0.4, -0.2) is 50.7 Å². The fourth-order valence-corrected chi connectivity index (χ4v) is 4.05. The van der Waals surface area contributed by atoms with E-state index in [1.54, 1.807) is 10.6 Å². The van der Waals surface area contributed by atoms with Crippen LogP contribution in [0.5, 0.6) is 0 Å². The molecule has 1 fully saturated rings. The van der Waals surface area contributed by atoms with Gasteiger partial charge in [-0.3, -0.25) is 4.90 Å². The Bertz CT molecular complexity index is 1010. The molecule has 3 heterocycles. The minimum absolute atomic E-state index is 0.314. The van der Waals surface area contributed by atoms with Crippen LogP contribution in [-0.2, 0) is 19.1 Å². The van der Waals surface area contributed by atoms with Crippen molar-refractivity contribution in [3.05, 3.63) is 53.5 Å². The molecule has 9 heteroatoms. The third kappa shape index (κ3) is 4.26. The van der Waals surface area contributed by atoms with Crippen LogP contribution in [0.25, 0.3) is 5.78 Å². The highest BCUT2D eigenvalue weighted by Crippen LogP contribution is 2.30. The molecule has 0 bridgehead atoms. The van der Waals surface area contributed by atoms with Crippen molar-refractivity contribution >= 4 is 11.6 Å². The largest absolute Gasteiger partial charge is 0.416 e. The molecular weight excluding hydrogens is 393 g/mol. The lowest BCUT2D eigenvalue weighted by molar-refractivity contribution is -0.137. The van der Waals surface area contributed by atoms with Crippen LogP contribution >= 0.6 is 0 Å². The van der Waals surface area contributed by atoms with Gasteiger partial charge >= 0.3 is 6.18 Å². The van der Waals surface area contributed by atoms with Gasteiger partial charge in [0, 0.05) is 37.4 Å². The number of hydrogen-bond donors (Lipinski definition) is 0. The minimum atomic E-state index is -4.31. The van der Waals surface area contributed by atoms with Gasteiger partial charge in [0.1, 0.15) is 12.1 Å². The first-order chi connectivity index (χ1) is 14.3. The normalized spacial score (nSPS) is 16.0. The van der Waals surface area contributed by atoms with Crippen molar-refractivity contribution in [2.24, 2.45) is 0 Å². The van der Waals surface area contributed by atoms with Gasteiger partial charge < -0.3 is 4.90 Å². The van der Waals surface area contributed by atoms with E-state index in [4.69, 9.17) is 0 Å². The number of aromatic nitrogens is 4. The van der Waals surface area contributed by atoms with Crippen molar-refractivity contribution in [1.29, 1.82) is 0 Å². The van der Waals surface area contributed by atoms with E-state index in [9.17, 15) is 13.2 Å². The number of benzene rings is 1. The Labute approximate surface area is 173 Å². The van der Waals surface area contributed by atoms with E-state index in [1.807, 2.05) is 7.05 Å². The highest BCUT2D eigenvalue weighted by Gasteiger charge is 2.31. The summed E-state index contributed by atoms with van der Waals surface area (Å²) in [7, 11) is 1.98. The Balaban J connectivity index is 1.42. The number of fused-ring (bicyclic) bond motifs is 1. The van der Waals surface area contributed by atoms with Crippen LogP contribution in [0.4, 0.5) is 19.0 Å². The highest BCUT2D eigenvalue weighted by atomic mass is 19.4. The second kappa shape index (κ2) is 8.22. The first-order valence-corrected chi connectivity index (χ1v) is 10.2. The topological polar surface area (TPSA) is 49.6 Å². The average molecular weight is 418 g/mol. The van der Waals surface area contributed by atoms with E-state index < -0.39 is 11.7 Å². The van der Waals surface area contributed by atoms with Crippen molar-refractivity contribution < 1.29 is 13.2 Å². The SMILES string of the molecule is CCc1cc(N2CCC(N(C)Cc3cccc(C(F)(F)F)c3)CC2)n2ncnc2n1. The quantitative estimate of drug-likeness (QED) is 0.631. The van der Waals surface area contributed by atoms with Gasteiger partial charge in [-0.25, -0.2) is 4.98 Å². The van der Waals surface area contributed by atoms with E-state index in [1.165, 1.54) is 18.5 Å². The molecule has 0 amide bonds. The van der Waals surface area contributed by atoms with Crippen molar-refractivity contribution in [3.63, 3.8) is 0 Å². The van der Waals surface area contributed by atoms with Gasteiger partial charge in [0.15, 0.2) is 0 Å². The molecule has 0 spiro atoms. The molecule has 0 radical (unpaired) electrons. The van der Waals surface area contributed by atoms with Gasteiger partial charge in [-0.15, -0.1) is 0 Å². The van der Waals surface area contributed by atoms with Crippen molar-refractivity contribution in [2.75, 3.05) is 25.0 Å². The third-order valence-electron chi connectivity index (χ3n) is 5.75. The summed E-state index contributed by atoms with van der Waals surface area (Å²) in [6, 6.07) is 7.98. The first kappa shape index (κ1) is 20.6. The number of alkyl halides is 3. The minimum Gasteiger partial charge on any atom is -0.356 e. The maximum Gasteiger partial charge on any atom is 0.416 e. The zero-order valence-electron chi connectivity index (χ0n) is 17.1. The zero-order chi connectivity index (χ0) is 21.3. The predicted molar refractivity (Wildman–Crippen MR) is 108 cm³/mol. The fourth-order valence-electron chi connectivity index (χ4n) is 4.05. The molecule has 160 valence electrons. The third-order valence-corrected chi connectivity index (χ3v) is 5.75. The molecule has 0 N–H and O–H groups in total. The van der Waals surface area contributed by atoms with Crippen LogP contribution < -0.4 is 4.90 Å². The molecule has 0 aliphatic carbocycles. The predicted octanol–water partition coefficient (Wildman–Crippen LogP) is 3.81. The van der Waals surface area contributed by atoms with Crippen LogP contribution in [0.3, 0.4) is 0 Å². The summed E-state index contributed by atoms with van der Waals surface area (Å²) < 4.78 is 40.7. The first-order valence-electron chi connectivity index (χ1n) is 10.2. The number of aryl methyl sites for hydroxylation is 1. The summed E-state index contributed by atoms with van der Waals surface area (Å²) >= 11 is 0. The molecule has 2 aromatic heterocycles. The summed E-state index contributed by atoms with van der Waals surface area (Å²) in [5.41, 5.74) is 1.07. The van der Waals surface area contributed by atoms with Gasteiger partial charge in [0.05, 0.1) is 5.56 Å². The molecule has 0 atom stereocenters. The number of piperidine rings is 1. The monoisotopic (exact) mass is 418 g/mol. The van der Waals surface area contributed by atoms with Gasteiger partial charge in [0.2, 0.25) is 0 Å². The Kier molecular flexibility index (Phi) is 5.64. The van der Waals surface area contributed by atoms with Crippen molar-refractivity contribution in [1.82, 2.24) is 24.5 Å². The van der Waals surface area contributed by atoms with Gasteiger partial charge in [-0.1, -0.05) is 25.1 Å². The molecular formula is C21H25F3N6. The summed E-state index contributed by atoms with van der Waals surface area (Å²) in [6.07, 6.45) is -0.118. The average Bonchev–Trinajstić information content (AvgIpc) is 3.21. The Morgan fingerprint density at radius 3 is 2.63 bits per heavy atom. The number of rotatable bonds is 5. The highest BCUT2D eigenvalue weighted by molar-refractivity contribution is 5.47. The summed E-state index contributed by atoms with van der Waals surface area (Å²) in [5, 5.41) is 4.31. The Morgan fingerprint density at radius 1 is 1.17 bits per heavy atom. The molecule has 3 aromatic rings. The lowest BCUT2D eigenvalue weighted by Crippen LogP contribution is -2.43. The van der Waals surface area contributed by atoms with Gasteiger partial charge in [-0.2, -0.15) is 27.8 Å². The number of nitrogens with zero attached hydrogens (tertiary/aromatic N) is 6. The lowest BCUT2D eigenvalue weighted by Gasteiger charge is -2.37. The van der Waals surface area contributed by atoms with E-state index in [-0.39, 0.29) is 0 Å². The smallest absolute Gasteiger partial charge is 0.356 e. The van der Waals surface area contributed by atoms with Gasteiger partial charge in [-0.05, 0) is 37.9 Å². The van der Waals surface area contributed by atoms with E-state index in [0.29, 0.717) is 23.9 Å². The summed E-state index contributed by atoms with van der Waals surface area (Å²) in [5.74, 6) is 1.60. The second-order valence-electron chi connectivity index (χ2n) is 7.76. The number of anilines is 1. The Hall–Kier alpha value is -2.68. The maximum atomic E-state index is 13.0. The van der Waals surface area contributed by atoms with E-state index >= 15 is 0 Å². The van der Waals surface area contributed by atoms with Crippen LogP contribution in [0.1, 0.15) is 36.6 Å². The maximum absolute atomic E-state index is 13.0. The molecule has 6 nitrogen and oxygen atoms in total. The second-order valence-corrected chi connectivity index (χ2v) is 7.76. The lowest BCUT2D eigenvalue weighted by atomic mass is 10.0. The molecule has 4 rings (SSSR count). The van der Waals surface area contributed by atoms with Gasteiger partial charge in [0.25, 0.3) is 5.78 Å². The molecule has 1 saturated heterocycles. The van der Waals surface area contributed by atoms with E-state index in [0.717, 1.165) is 49.9 Å². The standard InChI is InChI=1S/C21H25F3N6/c1-3-17-12-19(30-20(27-17)25-14-26-30)29-9-7-18(8-10-29)28(2)13-15-5-4-6-16(11-15)21(22,23)24/h4-6,11-12,14,18H,3,7-10,13H2,1-2H3. The van der Waals surface area contributed by atoms with Crippen LogP contribution in [0.15, 0.2) is 36.7 Å². The van der Waals surface area contributed by atoms with Crippen molar-refractivity contribution in [3.8, 4) is 0 Å². The van der Waals surface area contributed by atoms with Crippen LogP contribution in [0, 0.1) is 0 Å². The Morgan fingerprint density at radius 2 is 1.93 bits per heavy atom. The van der Waals surface area contributed by atoms with E-state index in [2.05, 4.69) is 37.9 Å². The molecule has 1 aromatic carbocycles. The fraction of sp³-hybridized carbons (Fsp3) is 0.476.